The van der Waals surface area contributed by atoms with E-state index in [9.17, 15) is 68.4 Å². The molecule has 0 aliphatic carbocycles. The number of hydrogen-bond donors (Lipinski definition) is 17. The van der Waals surface area contributed by atoms with Crippen LogP contribution < -0.4 is 54.0 Å². The van der Waals surface area contributed by atoms with Crippen LogP contribution in [-0.4, -0.2) is 192 Å². The molecule has 9 atom stereocenters. The summed E-state index contributed by atoms with van der Waals surface area (Å²) in [6.07, 6.45) is 3.79. The van der Waals surface area contributed by atoms with Crippen LogP contribution in [0.5, 0.6) is 5.75 Å². The molecule has 1 fully saturated rings. The molecule has 0 unspecified atom stereocenters. The van der Waals surface area contributed by atoms with Crippen molar-refractivity contribution in [2.45, 2.75) is 159 Å². The van der Waals surface area contributed by atoms with Crippen molar-refractivity contribution in [2.24, 2.45) is 17.4 Å². The molecule has 1 aliphatic rings. The van der Waals surface area contributed by atoms with Gasteiger partial charge in [0.2, 0.25) is 47.3 Å². The minimum atomic E-state index is -1.82. The van der Waals surface area contributed by atoms with Crippen molar-refractivity contribution in [3.63, 3.8) is 0 Å². The number of nitrogens with two attached hydrogens (primary N) is 2. The van der Waals surface area contributed by atoms with E-state index in [1.807, 2.05) is 0 Å². The van der Waals surface area contributed by atoms with Gasteiger partial charge in [-0.1, -0.05) is 44.2 Å². The van der Waals surface area contributed by atoms with Crippen LogP contribution in [0.3, 0.4) is 0 Å². The minimum absolute atomic E-state index is 0.00432. The Labute approximate surface area is 507 Å². The number of guanidine groups is 1. The summed E-state index contributed by atoms with van der Waals surface area (Å²) in [5, 5.41) is 69.0. The van der Waals surface area contributed by atoms with Crippen LogP contribution in [0, 0.1) is 11.3 Å². The number of para-hydroxylation sites is 1. The van der Waals surface area contributed by atoms with E-state index >= 15 is 0 Å². The van der Waals surface area contributed by atoms with Crippen molar-refractivity contribution in [2.75, 3.05) is 26.3 Å². The monoisotopic (exact) mass is 1230 g/mol. The van der Waals surface area contributed by atoms with Gasteiger partial charge in [-0.3, -0.25) is 48.6 Å². The van der Waals surface area contributed by atoms with Crippen LogP contribution in [0.2, 0.25) is 0 Å². The van der Waals surface area contributed by atoms with Crippen molar-refractivity contribution < 1.29 is 73.1 Å². The first kappa shape index (κ1) is 69.6. The highest BCUT2D eigenvalue weighted by Gasteiger charge is 2.40. The SMILES string of the molecule is CC(C)C[C@H](NC(=O)[C@@H](COC(C)(C)C)NC(=O)[C@H](Cc1ccc(O)cc1)NC(=O)[C@H](CO)NC(=O)[C@H](Cc1c[nH]c2ccccc12)NC(=O)[C@H](Cc1c[nH]cn1)NC(=O)[C@@H](N)CCC(=O)O)C(=O)N[C@@H](CCCNC(=N)N)C(=O)N1CCC[C@H]1C(=O)O. The number of phenolic OH excluding ortho intramolecular Hbond substituents is 1. The number of ether oxygens (including phenoxy) is 1. The second-order valence-electron chi connectivity index (χ2n) is 22.9. The number of carboxylic acid groups (broad SMARTS) is 2. The molecule has 19 N–H and O–H groups in total. The Morgan fingerprint density at radius 1 is 0.739 bits per heavy atom. The van der Waals surface area contributed by atoms with Crippen molar-refractivity contribution >= 4 is 76.1 Å². The van der Waals surface area contributed by atoms with Gasteiger partial charge in [0.1, 0.15) is 54.1 Å². The van der Waals surface area contributed by atoms with E-state index in [4.69, 9.17) is 21.6 Å². The summed E-state index contributed by atoms with van der Waals surface area (Å²) in [4.78, 5) is 149. The van der Waals surface area contributed by atoms with Gasteiger partial charge in [0.25, 0.3) is 0 Å². The molecule has 88 heavy (non-hydrogen) atoms. The van der Waals surface area contributed by atoms with Gasteiger partial charge in [0, 0.05) is 62.1 Å². The largest absolute Gasteiger partial charge is 0.508 e. The third-order valence-electron chi connectivity index (χ3n) is 14.2. The molecule has 0 bridgehead atoms. The summed E-state index contributed by atoms with van der Waals surface area (Å²) in [6.45, 7) is 7.33. The molecule has 2 aromatic carbocycles. The zero-order valence-corrected chi connectivity index (χ0v) is 49.9. The standard InChI is InChI=1S/C58H83N15O15/c1-31(2)22-40(49(79)66-39(12-8-20-63-57(60)61)55(85)73-21-9-13-46(73)56(86)87)68-54(84)45(29-88-58(3,4)5)72-50(80)41(23-32-14-16-35(75)17-15-32)69-53(83)44(28-74)71-51(81)42(24-33-26-64-38-11-7-6-10-36(33)38)70-52(82)43(25-34-27-62-30-65-34)67-48(78)37(59)18-19-47(76)77/h6-7,10-11,14-17,26-27,30-31,37,39-46,64,74-75H,8-9,12-13,18-25,28-29,59H2,1-5H3,(H,62,65)(H,66,79)(H,67,78)(H,68,84)(H,69,83)(H,70,82)(H,71,81)(H,72,80)(H,76,77)(H,86,87)(H4,60,61,63)/t37-,39-,40-,41-,42-,43-,44-,45+,46-/m0/s1. The molecule has 0 spiro atoms. The van der Waals surface area contributed by atoms with Gasteiger partial charge in [-0.2, -0.15) is 0 Å². The fraction of sp³-hybridized carbons (Fsp3) is 0.517. The van der Waals surface area contributed by atoms with Crippen LogP contribution in [0.15, 0.2) is 67.3 Å². The number of carboxylic acids is 2. The Kier molecular flexibility index (Phi) is 26.2. The first-order valence-electron chi connectivity index (χ1n) is 28.9. The average Bonchev–Trinajstić information content (AvgIpc) is 4.45. The molecule has 30 heteroatoms. The number of aromatic hydroxyl groups is 1. The van der Waals surface area contributed by atoms with Crippen LogP contribution >= 0.6 is 0 Å². The summed E-state index contributed by atoms with van der Waals surface area (Å²) in [6, 6.07) is -0.422. The molecule has 5 rings (SSSR count). The van der Waals surface area contributed by atoms with E-state index in [0.29, 0.717) is 34.1 Å². The van der Waals surface area contributed by atoms with E-state index in [1.165, 1.54) is 41.7 Å². The zero-order chi connectivity index (χ0) is 64.8. The number of fused-ring (bicyclic) bond motifs is 1. The first-order chi connectivity index (χ1) is 41.6. The minimum Gasteiger partial charge on any atom is -0.508 e. The number of aliphatic hydroxyl groups excluding tert-OH is 1. The van der Waals surface area contributed by atoms with E-state index in [0.717, 1.165) is 0 Å². The number of likely N-dealkylation sites (tertiary alicyclic amines) is 1. The molecule has 1 saturated heterocycles. The highest BCUT2D eigenvalue weighted by Crippen LogP contribution is 2.22. The van der Waals surface area contributed by atoms with Gasteiger partial charge < -0.3 is 94.0 Å². The van der Waals surface area contributed by atoms with Crippen LogP contribution in [0.4, 0.5) is 0 Å². The normalized spacial score (nSPS) is 15.9. The fourth-order valence-corrected chi connectivity index (χ4v) is 9.64. The number of phenols is 1. The van der Waals surface area contributed by atoms with Crippen LogP contribution in [0.1, 0.15) is 96.4 Å². The maximum Gasteiger partial charge on any atom is 0.326 e. The maximum absolute atomic E-state index is 14.7. The Balaban J connectivity index is 1.42. The highest BCUT2D eigenvalue weighted by molar-refractivity contribution is 5.99. The predicted molar refractivity (Wildman–Crippen MR) is 318 cm³/mol. The Hall–Kier alpha value is -9.16. The van der Waals surface area contributed by atoms with Crippen molar-refractivity contribution in [3.8, 4) is 5.75 Å². The van der Waals surface area contributed by atoms with Crippen molar-refractivity contribution in [3.05, 3.63) is 84.1 Å². The van der Waals surface area contributed by atoms with E-state index in [1.54, 1.807) is 65.1 Å². The number of amides is 8. The number of H-pyrrole nitrogens is 2. The molecule has 4 aromatic rings. The lowest BCUT2D eigenvalue weighted by molar-refractivity contribution is -0.149. The summed E-state index contributed by atoms with van der Waals surface area (Å²) >= 11 is 0. The van der Waals surface area contributed by atoms with Crippen LogP contribution in [0.25, 0.3) is 10.9 Å². The molecule has 30 nitrogen and oxygen atoms in total. The Morgan fingerprint density at radius 3 is 1.91 bits per heavy atom. The highest BCUT2D eigenvalue weighted by atomic mass is 16.5. The first-order valence-corrected chi connectivity index (χ1v) is 28.9. The fourth-order valence-electron chi connectivity index (χ4n) is 9.64. The number of nitrogens with one attached hydrogen (secondary N) is 11. The number of rotatable bonds is 34. The van der Waals surface area contributed by atoms with Gasteiger partial charge >= 0.3 is 11.9 Å². The number of imidazole rings is 1. The lowest BCUT2D eigenvalue weighted by Crippen LogP contribution is -2.62. The van der Waals surface area contributed by atoms with Crippen molar-refractivity contribution in [1.29, 1.82) is 5.41 Å². The Bertz CT molecular complexity index is 3060. The third-order valence-corrected chi connectivity index (χ3v) is 14.2. The van der Waals surface area contributed by atoms with Gasteiger partial charge in [0.15, 0.2) is 5.96 Å². The average molecular weight is 1230 g/mol. The van der Waals surface area contributed by atoms with E-state index in [2.05, 4.69) is 57.5 Å². The molecule has 0 saturated carbocycles. The van der Waals surface area contributed by atoms with Gasteiger partial charge in [0.05, 0.1) is 36.9 Å². The summed E-state index contributed by atoms with van der Waals surface area (Å²) in [7, 11) is 0. The quantitative estimate of drug-likeness (QED) is 0.0142. The predicted octanol–water partition coefficient (Wildman–Crippen LogP) is -1.60. The summed E-state index contributed by atoms with van der Waals surface area (Å²) < 4.78 is 6.00. The van der Waals surface area contributed by atoms with E-state index < -0.39 is 139 Å². The molecular formula is C58H83N15O15. The second-order valence-corrected chi connectivity index (χ2v) is 22.9. The zero-order valence-electron chi connectivity index (χ0n) is 49.9. The lowest BCUT2D eigenvalue weighted by atomic mass is 10.0. The molecule has 2 aromatic heterocycles. The number of carbonyl (C=O) groups excluding carboxylic acids is 8. The topological polar surface area (TPSA) is 481 Å². The van der Waals surface area contributed by atoms with Gasteiger partial charge in [-0.15, -0.1) is 0 Å². The number of aromatic amines is 2. The molecule has 0 radical (unpaired) electrons. The number of aliphatic hydroxyl groups is 1. The molecule has 3 heterocycles. The molecule has 480 valence electrons. The number of aliphatic carboxylic acids is 2. The summed E-state index contributed by atoms with van der Waals surface area (Å²) in [5.74, 6) is -10.4. The smallest absolute Gasteiger partial charge is 0.326 e. The number of benzene rings is 2. The molecule has 1 aliphatic heterocycles. The number of carbonyl (C=O) groups is 10. The molecule has 8 amide bonds. The van der Waals surface area contributed by atoms with Gasteiger partial charge in [-0.25, -0.2) is 9.78 Å². The number of nitrogens with zero attached hydrogens (tertiary/aromatic N) is 2. The lowest BCUT2D eigenvalue weighted by Gasteiger charge is -2.30. The van der Waals surface area contributed by atoms with E-state index in [-0.39, 0.29) is 82.1 Å². The maximum atomic E-state index is 14.7. The third kappa shape index (κ3) is 22.0. The molecular weight excluding hydrogens is 1150 g/mol. The second kappa shape index (κ2) is 33.1. The van der Waals surface area contributed by atoms with Crippen LogP contribution in [-0.2, 0) is 71.9 Å². The van der Waals surface area contributed by atoms with Gasteiger partial charge in [-0.05, 0) is 94.5 Å². The van der Waals surface area contributed by atoms with Crippen molar-refractivity contribution in [1.82, 2.24) is 62.4 Å². The Morgan fingerprint density at radius 2 is 1.31 bits per heavy atom. The number of aromatic nitrogens is 3. The number of hydrogen-bond acceptors (Lipinski definition) is 16. The summed E-state index contributed by atoms with van der Waals surface area (Å²) in [5.41, 5.74) is 12.4.